The lowest BCUT2D eigenvalue weighted by Crippen LogP contribution is -2.27. The van der Waals surface area contributed by atoms with Crippen molar-refractivity contribution in [3.05, 3.63) is 113 Å². The second-order valence-electron chi connectivity index (χ2n) is 8.09. The van der Waals surface area contributed by atoms with Crippen LogP contribution in [-0.4, -0.2) is 22.2 Å². The zero-order valence-corrected chi connectivity index (χ0v) is 20.8. The molecule has 1 heterocycles. The van der Waals surface area contributed by atoms with E-state index in [2.05, 4.69) is 24.3 Å². The van der Waals surface area contributed by atoms with Crippen LogP contribution in [-0.2, 0) is 17.9 Å². The number of nitrogens with zero attached hydrogens (tertiary/aromatic N) is 1. The average molecular weight is 498 g/mol. The Labute approximate surface area is 214 Å². The summed E-state index contributed by atoms with van der Waals surface area (Å²) in [5.74, 6) is 1.17. The summed E-state index contributed by atoms with van der Waals surface area (Å²) in [7, 11) is 1.61. The maximum Gasteiger partial charge on any atom is 0.266 e. The Balaban J connectivity index is 1.32. The average Bonchev–Trinajstić information content (AvgIpc) is 3.15. The second-order valence-corrected chi connectivity index (χ2v) is 9.77. The van der Waals surface area contributed by atoms with E-state index in [-0.39, 0.29) is 5.91 Å². The summed E-state index contributed by atoms with van der Waals surface area (Å²) in [6.07, 6.45) is 1.85. The first kappa shape index (κ1) is 23.1. The molecule has 0 saturated carbocycles. The minimum absolute atomic E-state index is 0.0842. The van der Waals surface area contributed by atoms with Gasteiger partial charge in [-0.15, -0.1) is 0 Å². The lowest BCUT2D eigenvalue weighted by atomic mass is 10.1. The van der Waals surface area contributed by atoms with Gasteiger partial charge in [0.15, 0.2) is 11.5 Å². The molecule has 1 aliphatic rings. The lowest BCUT2D eigenvalue weighted by Gasteiger charge is -2.14. The molecule has 0 radical (unpaired) electrons. The van der Waals surface area contributed by atoms with Crippen molar-refractivity contribution >= 4 is 51.1 Å². The van der Waals surface area contributed by atoms with Crippen molar-refractivity contribution in [2.45, 2.75) is 13.2 Å². The van der Waals surface area contributed by atoms with Gasteiger partial charge in [-0.1, -0.05) is 103 Å². The van der Waals surface area contributed by atoms with Gasteiger partial charge in [0.1, 0.15) is 10.9 Å². The topological polar surface area (TPSA) is 38.8 Å². The van der Waals surface area contributed by atoms with Gasteiger partial charge in [-0.2, -0.15) is 0 Å². The van der Waals surface area contributed by atoms with Gasteiger partial charge in [-0.05, 0) is 45.7 Å². The molecule has 4 aromatic carbocycles. The standard InChI is InChI=1S/C29H23NO3S2/c1-32-26-16-21(17-27-28(31)30(29(34)35-27)18-20-8-3-2-4-9-20)14-15-25(26)33-19-23-12-7-11-22-10-5-6-13-24(22)23/h2-17H,18-19H2,1H3/b27-17+. The van der Waals surface area contributed by atoms with Crippen LogP contribution < -0.4 is 9.47 Å². The molecule has 35 heavy (non-hydrogen) atoms. The Morgan fingerprint density at radius 2 is 1.69 bits per heavy atom. The summed E-state index contributed by atoms with van der Waals surface area (Å²) in [5, 5.41) is 2.35. The van der Waals surface area contributed by atoms with E-state index in [4.69, 9.17) is 21.7 Å². The van der Waals surface area contributed by atoms with Crippen molar-refractivity contribution in [3.8, 4) is 11.5 Å². The van der Waals surface area contributed by atoms with Crippen LogP contribution in [0.3, 0.4) is 0 Å². The van der Waals surface area contributed by atoms with Crippen LogP contribution in [0.4, 0.5) is 0 Å². The minimum Gasteiger partial charge on any atom is -0.493 e. The molecule has 6 heteroatoms. The van der Waals surface area contributed by atoms with Crippen molar-refractivity contribution in [2.75, 3.05) is 7.11 Å². The van der Waals surface area contributed by atoms with E-state index in [9.17, 15) is 4.79 Å². The van der Waals surface area contributed by atoms with Gasteiger partial charge in [0.2, 0.25) is 0 Å². The number of benzene rings is 4. The summed E-state index contributed by atoms with van der Waals surface area (Å²) in [6.45, 7) is 0.891. The molecular weight excluding hydrogens is 474 g/mol. The highest BCUT2D eigenvalue weighted by Crippen LogP contribution is 2.36. The Morgan fingerprint density at radius 3 is 2.51 bits per heavy atom. The summed E-state index contributed by atoms with van der Waals surface area (Å²) >= 11 is 6.80. The Kier molecular flexibility index (Phi) is 6.84. The quantitative estimate of drug-likeness (QED) is 0.207. The maximum absolute atomic E-state index is 13.0. The third-order valence-electron chi connectivity index (χ3n) is 5.81. The summed E-state index contributed by atoms with van der Waals surface area (Å²) in [4.78, 5) is 15.2. The van der Waals surface area contributed by atoms with Crippen LogP contribution in [0.5, 0.6) is 11.5 Å². The number of fused-ring (bicyclic) bond motifs is 1. The van der Waals surface area contributed by atoms with Gasteiger partial charge in [-0.25, -0.2) is 0 Å². The number of thiocarbonyl (C=S) groups is 1. The zero-order valence-electron chi connectivity index (χ0n) is 19.1. The van der Waals surface area contributed by atoms with Gasteiger partial charge in [0.25, 0.3) is 5.91 Å². The predicted octanol–water partition coefficient (Wildman–Crippen LogP) is 6.83. The molecule has 174 valence electrons. The molecule has 0 unspecified atom stereocenters. The van der Waals surface area contributed by atoms with E-state index >= 15 is 0 Å². The molecule has 0 bridgehead atoms. The lowest BCUT2D eigenvalue weighted by molar-refractivity contribution is -0.122. The highest BCUT2D eigenvalue weighted by Gasteiger charge is 2.32. The number of amides is 1. The summed E-state index contributed by atoms with van der Waals surface area (Å²) < 4.78 is 12.3. The fourth-order valence-electron chi connectivity index (χ4n) is 4.02. The molecule has 0 atom stereocenters. The minimum atomic E-state index is -0.0842. The van der Waals surface area contributed by atoms with E-state index in [0.29, 0.717) is 33.9 Å². The number of hydrogen-bond donors (Lipinski definition) is 0. The Morgan fingerprint density at radius 1 is 0.914 bits per heavy atom. The summed E-state index contributed by atoms with van der Waals surface area (Å²) in [5.41, 5.74) is 3.00. The molecule has 0 aliphatic carbocycles. The van der Waals surface area contributed by atoms with E-state index in [1.807, 2.05) is 72.8 Å². The molecule has 0 aromatic heterocycles. The van der Waals surface area contributed by atoms with Crippen molar-refractivity contribution in [1.29, 1.82) is 0 Å². The van der Waals surface area contributed by atoms with Crippen molar-refractivity contribution in [3.63, 3.8) is 0 Å². The fourth-order valence-corrected chi connectivity index (χ4v) is 5.28. The third-order valence-corrected chi connectivity index (χ3v) is 7.18. The van der Waals surface area contributed by atoms with Crippen LogP contribution in [0.2, 0.25) is 0 Å². The number of carbonyl (C=O) groups excluding carboxylic acids is 1. The molecule has 5 rings (SSSR count). The molecule has 1 aliphatic heterocycles. The first-order chi connectivity index (χ1) is 17.1. The largest absolute Gasteiger partial charge is 0.493 e. The maximum atomic E-state index is 13.0. The van der Waals surface area contributed by atoms with Gasteiger partial charge >= 0.3 is 0 Å². The monoisotopic (exact) mass is 497 g/mol. The highest BCUT2D eigenvalue weighted by atomic mass is 32.2. The number of methoxy groups -OCH3 is 1. The molecular formula is C29H23NO3S2. The van der Waals surface area contributed by atoms with Gasteiger partial charge < -0.3 is 9.47 Å². The van der Waals surface area contributed by atoms with E-state index in [1.54, 1.807) is 12.0 Å². The molecule has 0 spiro atoms. The number of hydrogen-bond acceptors (Lipinski definition) is 5. The number of rotatable bonds is 7. The number of ether oxygens (including phenoxy) is 2. The Hall–Kier alpha value is -3.61. The van der Waals surface area contributed by atoms with Crippen molar-refractivity contribution in [2.24, 2.45) is 0 Å². The van der Waals surface area contributed by atoms with Crippen molar-refractivity contribution in [1.82, 2.24) is 4.90 Å². The van der Waals surface area contributed by atoms with Crippen molar-refractivity contribution < 1.29 is 14.3 Å². The molecule has 4 aromatic rings. The van der Waals surface area contributed by atoms with Crippen LogP contribution in [0, 0.1) is 0 Å². The summed E-state index contributed by atoms with van der Waals surface area (Å²) in [6, 6.07) is 30.0. The SMILES string of the molecule is COc1cc(/C=C2/SC(=S)N(Cc3ccccc3)C2=O)ccc1OCc1cccc2ccccc12. The van der Waals surface area contributed by atoms with Crippen LogP contribution in [0.1, 0.15) is 16.7 Å². The Bertz CT molecular complexity index is 1430. The molecule has 1 saturated heterocycles. The third kappa shape index (κ3) is 5.09. The van der Waals surface area contributed by atoms with Crippen LogP contribution >= 0.6 is 24.0 Å². The number of carbonyl (C=O) groups is 1. The van der Waals surface area contributed by atoms with Crippen LogP contribution in [0.25, 0.3) is 16.8 Å². The smallest absolute Gasteiger partial charge is 0.266 e. The second kappa shape index (κ2) is 10.3. The normalized spacial score (nSPS) is 14.7. The first-order valence-electron chi connectivity index (χ1n) is 11.2. The van der Waals surface area contributed by atoms with E-state index in [0.717, 1.165) is 16.7 Å². The van der Waals surface area contributed by atoms with E-state index < -0.39 is 0 Å². The highest BCUT2D eigenvalue weighted by molar-refractivity contribution is 8.26. The fraction of sp³-hybridized carbons (Fsp3) is 0.103. The van der Waals surface area contributed by atoms with Gasteiger partial charge in [0, 0.05) is 0 Å². The van der Waals surface area contributed by atoms with Gasteiger partial charge in [-0.3, -0.25) is 9.69 Å². The van der Waals surface area contributed by atoms with Gasteiger partial charge in [0.05, 0.1) is 18.6 Å². The molecule has 0 N–H and O–H groups in total. The first-order valence-corrected chi connectivity index (χ1v) is 12.4. The molecule has 1 fully saturated rings. The molecule has 1 amide bonds. The zero-order chi connectivity index (χ0) is 24.2. The number of thioether (sulfide) groups is 1. The molecule has 4 nitrogen and oxygen atoms in total. The van der Waals surface area contributed by atoms with E-state index in [1.165, 1.54) is 22.5 Å². The van der Waals surface area contributed by atoms with Crippen LogP contribution in [0.15, 0.2) is 95.9 Å². The predicted molar refractivity (Wildman–Crippen MR) is 146 cm³/mol.